The van der Waals surface area contributed by atoms with Gasteiger partial charge in [-0.3, -0.25) is 0 Å². The molecule has 2 aliphatic rings. The molecule has 1 saturated heterocycles. The summed E-state index contributed by atoms with van der Waals surface area (Å²) in [6, 6.07) is 0.443. The lowest BCUT2D eigenvalue weighted by molar-refractivity contribution is 0.336. The Morgan fingerprint density at radius 2 is 1.82 bits per heavy atom. The van der Waals surface area contributed by atoms with E-state index in [9.17, 15) is 0 Å². The summed E-state index contributed by atoms with van der Waals surface area (Å²) in [6.07, 6.45) is 5.74. The van der Waals surface area contributed by atoms with E-state index >= 15 is 0 Å². The van der Waals surface area contributed by atoms with Gasteiger partial charge in [0.25, 0.3) is 0 Å². The predicted molar refractivity (Wildman–Crippen MR) is 46.3 cm³/mol. The van der Waals surface area contributed by atoms with E-state index in [2.05, 4.69) is 5.32 Å². The molecule has 0 aromatic heterocycles. The standard InChI is InChI=1S/C9H18N2/c10-9-6-11-5-8(9)7-3-1-2-4-7/h7-9,11H,1-6,10H2. The molecular weight excluding hydrogens is 136 g/mol. The van der Waals surface area contributed by atoms with E-state index in [0.29, 0.717) is 6.04 Å². The first kappa shape index (κ1) is 7.56. The maximum atomic E-state index is 6.00. The van der Waals surface area contributed by atoms with Crippen LogP contribution in [0.2, 0.25) is 0 Å². The Balaban J connectivity index is 1.92. The van der Waals surface area contributed by atoms with Crippen molar-refractivity contribution in [3.05, 3.63) is 0 Å². The van der Waals surface area contributed by atoms with Gasteiger partial charge in [0.2, 0.25) is 0 Å². The smallest absolute Gasteiger partial charge is 0.0208 e. The summed E-state index contributed by atoms with van der Waals surface area (Å²) in [5.41, 5.74) is 6.00. The third-order valence-corrected chi connectivity index (χ3v) is 3.32. The number of hydrogen-bond acceptors (Lipinski definition) is 2. The van der Waals surface area contributed by atoms with Crippen molar-refractivity contribution in [2.45, 2.75) is 31.7 Å². The van der Waals surface area contributed by atoms with Gasteiger partial charge in [-0.15, -0.1) is 0 Å². The number of rotatable bonds is 1. The van der Waals surface area contributed by atoms with Crippen molar-refractivity contribution >= 4 is 0 Å². The van der Waals surface area contributed by atoms with E-state index in [4.69, 9.17) is 5.73 Å². The van der Waals surface area contributed by atoms with Crippen molar-refractivity contribution in [3.63, 3.8) is 0 Å². The van der Waals surface area contributed by atoms with E-state index in [1.165, 1.54) is 32.2 Å². The molecule has 0 spiro atoms. The normalized spacial score (nSPS) is 40.1. The van der Waals surface area contributed by atoms with Crippen molar-refractivity contribution in [1.82, 2.24) is 5.32 Å². The van der Waals surface area contributed by atoms with Gasteiger partial charge in [-0.25, -0.2) is 0 Å². The molecule has 1 aliphatic carbocycles. The molecule has 0 bridgehead atoms. The van der Waals surface area contributed by atoms with Gasteiger partial charge in [0, 0.05) is 12.6 Å². The third kappa shape index (κ3) is 1.42. The van der Waals surface area contributed by atoms with Crippen LogP contribution < -0.4 is 11.1 Å². The number of nitrogens with two attached hydrogens (primary N) is 1. The van der Waals surface area contributed by atoms with Gasteiger partial charge in [-0.1, -0.05) is 25.7 Å². The fourth-order valence-electron chi connectivity index (χ4n) is 2.62. The molecule has 2 unspecified atom stereocenters. The Bertz CT molecular complexity index is 130. The average molecular weight is 154 g/mol. The first-order valence-corrected chi connectivity index (χ1v) is 4.84. The fourth-order valence-corrected chi connectivity index (χ4v) is 2.62. The van der Waals surface area contributed by atoms with Gasteiger partial charge in [0.15, 0.2) is 0 Å². The van der Waals surface area contributed by atoms with Crippen LogP contribution in [-0.4, -0.2) is 19.1 Å². The van der Waals surface area contributed by atoms with E-state index < -0.39 is 0 Å². The van der Waals surface area contributed by atoms with Crippen LogP contribution in [-0.2, 0) is 0 Å². The summed E-state index contributed by atoms with van der Waals surface area (Å²) >= 11 is 0. The summed E-state index contributed by atoms with van der Waals surface area (Å²) in [7, 11) is 0. The van der Waals surface area contributed by atoms with E-state index in [-0.39, 0.29) is 0 Å². The molecular formula is C9H18N2. The zero-order chi connectivity index (χ0) is 7.68. The van der Waals surface area contributed by atoms with Crippen LogP contribution in [0.15, 0.2) is 0 Å². The fraction of sp³-hybridized carbons (Fsp3) is 1.00. The van der Waals surface area contributed by atoms with Crippen LogP contribution in [0.5, 0.6) is 0 Å². The molecule has 0 radical (unpaired) electrons. The highest BCUT2D eigenvalue weighted by Gasteiger charge is 2.32. The molecule has 2 fully saturated rings. The van der Waals surface area contributed by atoms with E-state index in [0.717, 1.165) is 18.4 Å². The minimum Gasteiger partial charge on any atom is -0.326 e. The molecule has 0 aromatic rings. The molecule has 2 heteroatoms. The average Bonchev–Trinajstić information content (AvgIpc) is 2.55. The highest BCUT2D eigenvalue weighted by Crippen LogP contribution is 2.33. The van der Waals surface area contributed by atoms with Gasteiger partial charge in [0.1, 0.15) is 0 Å². The summed E-state index contributed by atoms with van der Waals surface area (Å²) in [6.45, 7) is 2.22. The molecule has 0 amide bonds. The molecule has 2 atom stereocenters. The molecule has 1 aliphatic heterocycles. The van der Waals surface area contributed by atoms with Gasteiger partial charge in [0.05, 0.1) is 0 Å². The Morgan fingerprint density at radius 1 is 1.09 bits per heavy atom. The Morgan fingerprint density at radius 3 is 2.36 bits per heavy atom. The molecule has 3 N–H and O–H groups in total. The van der Waals surface area contributed by atoms with E-state index in [1.54, 1.807) is 0 Å². The first-order chi connectivity index (χ1) is 5.38. The Kier molecular flexibility index (Phi) is 2.14. The minimum absolute atomic E-state index is 0.443. The monoisotopic (exact) mass is 154 g/mol. The molecule has 1 saturated carbocycles. The van der Waals surface area contributed by atoms with Gasteiger partial charge in [-0.05, 0) is 18.4 Å². The molecule has 2 nitrogen and oxygen atoms in total. The molecule has 2 rings (SSSR count). The van der Waals surface area contributed by atoms with Crippen LogP contribution in [0.25, 0.3) is 0 Å². The topological polar surface area (TPSA) is 38.0 Å². The number of nitrogens with one attached hydrogen (secondary N) is 1. The predicted octanol–water partition coefficient (Wildman–Crippen LogP) is 0.723. The maximum Gasteiger partial charge on any atom is 0.0208 e. The van der Waals surface area contributed by atoms with Crippen LogP contribution in [0.3, 0.4) is 0 Å². The van der Waals surface area contributed by atoms with Crippen molar-refractivity contribution in [1.29, 1.82) is 0 Å². The van der Waals surface area contributed by atoms with Crippen LogP contribution in [0.4, 0.5) is 0 Å². The molecule has 64 valence electrons. The first-order valence-electron chi connectivity index (χ1n) is 4.84. The lowest BCUT2D eigenvalue weighted by Crippen LogP contribution is -2.32. The summed E-state index contributed by atoms with van der Waals surface area (Å²) < 4.78 is 0. The zero-order valence-corrected chi connectivity index (χ0v) is 7.05. The second-order valence-electron chi connectivity index (χ2n) is 4.03. The molecule has 1 heterocycles. The Hall–Kier alpha value is -0.0800. The summed E-state index contributed by atoms with van der Waals surface area (Å²) in [5.74, 6) is 1.73. The van der Waals surface area contributed by atoms with Crippen molar-refractivity contribution < 1.29 is 0 Å². The largest absolute Gasteiger partial charge is 0.326 e. The lowest BCUT2D eigenvalue weighted by Gasteiger charge is -2.20. The zero-order valence-electron chi connectivity index (χ0n) is 7.05. The summed E-state index contributed by atoms with van der Waals surface area (Å²) in [4.78, 5) is 0. The van der Waals surface area contributed by atoms with Crippen molar-refractivity contribution in [2.24, 2.45) is 17.6 Å². The lowest BCUT2D eigenvalue weighted by atomic mass is 9.87. The molecule has 0 aromatic carbocycles. The molecule has 11 heavy (non-hydrogen) atoms. The maximum absolute atomic E-state index is 6.00. The van der Waals surface area contributed by atoms with Crippen LogP contribution >= 0.6 is 0 Å². The van der Waals surface area contributed by atoms with Gasteiger partial charge >= 0.3 is 0 Å². The third-order valence-electron chi connectivity index (χ3n) is 3.32. The summed E-state index contributed by atoms with van der Waals surface area (Å²) in [5, 5.41) is 3.37. The number of hydrogen-bond donors (Lipinski definition) is 2. The van der Waals surface area contributed by atoms with E-state index in [1.807, 2.05) is 0 Å². The Labute approximate surface area is 68.5 Å². The second kappa shape index (κ2) is 3.11. The second-order valence-corrected chi connectivity index (χ2v) is 4.03. The highest BCUT2D eigenvalue weighted by atomic mass is 15.0. The SMILES string of the molecule is NC1CNCC1C1CCCC1. The van der Waals surface area contributed by atoms with Gasteiger partial charge in [-0.2, -0.15) is 0 Å². The van der Waals surface area contributed by atoms with Crippen LogP contribution in [0.1, 0.15) is 25.7 Å². The van der Waals surface area contributed by atoms with Crippen molar-refractivity contribution in [2.75, 3.05) is 13.1 Å². The van der Waals surface area contributed by atoms with Gasteiger partial charge < -0.3 is 11.1 Å². The van der Waals surface area contributed by atoms with Crippen molar-refractivity contribution in [3.8, 4) is 0 Å². The quantitative estimate of drug-likeness (QED) is 0.584. The highest BCUT2D eigenvalue weighted by molar-refractivity contribution is 4.89. The van der Waals surface area contributed by atoms with Crippen LogP contribution in [0, 0.1) is 11.8 Å². The minimum atomic E-state index is 0.443.